The van der Waals surface area contributed by atoms with Gasteiger partial charge in [0.15, 0.2) is 0 Å². The molecule has 0 unspecified atom stereocenters. The molecule has 0 aliphatic heterocycles. The first kappa shape index (κ1) is 13.0. The van der Waals surface area contributed by atoms with Crippen LogP contribution in [-0.2, 0) is 12.8 Å². The van der Waals surface area contributed by atoms with Crippen LogP contribution in [0.4, 0.5) is 0 Å². The Morgan fingerprint density at radius 2 is 1.69 bits per heavy atom. The number of benzene rings is 1. The van der Waals surface area contributed by atoms with Crippen LogP contribution in [0.5, 0.6) is 0 Å². The van der Waals surface area contributed by atoms with Crippen molar-refractivity contribution in [2.24, 2.45) is 0 Å². The molecule has 16 heavy (non-hydrogen) atoms. The third kappa shape index (κ3) is 5.16. The van der Waals surface area contributed by atoms with Crippen LogP contribution in [0, 0.1) is 6.92 Å². The van der Waals surface area contributed by atoms with Gasteiger partial charge in [0.2, 0.25) is 0 Å². The highest BCUT2D eigenvalue weighted by molar-refractivity contribution is 5.24. The van der Waals surface area contributed by atoms with E-state index in [1.54, 1.807) is 0 Å². The Morgan fingerprint density at radius 3 is 2.31 bits per heavy atom. The van der Waals surface area contributed by atoms with Crippen LogP contribution in [0.2, 0.25) is 0 Å². The Kier molecular flexibility index (Phi) is 6.64. The zero-order valence-corrected chi connectivity index (χ0v) is 10.4. The lowest BCUT2D eigenvalue weighted by molar-refractivity contribution is 0.667. The van der Waals surface area contributed by atoms with E-state index < -0.39 is 0 Å². The summed E-state index contributed by atoms with van der Waals surface area (Å²) in [6, 6.07) is 8.99. The van der Waals surface area contributed by atoms with E-state index in [9.17, 15) is 0 Å². The van der Waals surface area contributed by atoms with Gasteiger partial charge in [-0.1, -0.05) is 62.6 Å². The molecule has 87 valence electrons. The fourth-order valence-corrected chi connectivity index (χ4v) is 1.82. The molecule has 0 aliphatic rings. The predicted octanol–water partition coefficient (Wildman–Crippen LogP) is 4.74. The number of allylic oxidation sites excluding steroid dienone is 2. The van der Waals surface area contributed by atoms with Crippen LogP contribution in [0.25, 0.3) is 0 Å². The average Bonchev–Trinajstić information content (AvgIpc) is 2.33. The number of hydrogen-bond donors (Lipinski definition) is 0. The van der Waals surface area contributed by atoms with Gasteiger partial charge in [0.05, 0.1) is 0 Å². The van der Waals surface area contributed by atoms with Gasteiger partial charge < -0.3 is 0 Å². The summed E-state index contributed by atoms with van der Waals surface area (Å²) < 4.78 is 0. The maximum Gasteiger partial charge on any atom is -0.00975 e. The molecule has 0 aliphatic carbocycles. The summed E-state index contributed by atoms with van der Waals surface area (Å²) in [7, 11) is 0. The van der Waals surface area contributed by atoms with Gasteiger partial charge in [-0.25, -0.2) is 0 Å². The summed E-state index contributed by atoms with van der Waals surface area (Å²) in [5.74, 6) is 0. The highest BCUT2D eigenvalue weighted by Gasteiger charge is 1.94. The molecule has 0 N–H and O–H groups in total. The van der Waals surface area contributed by atoms with Crippen LogP contribution < -0.4 is 0 Å². The van der Waals surface area contributed by atoms with Crippen LogP contribution >= 0.6 is 0 Å². The van der Waals surface area contributed by atoms with Gasteiger partial charge in [0.25, 0.3) is 0 Å². The Morgan fingerprint density at radius 1 is 1.00 bits per heavy atom. The zero-order chi connectivity index (χ0) is 11.6. The first-order valence-electron chi connectivity index (χ1n) is 6.39. The van der Waals surface area contributed by atoms with E-state index in [1.165, 1.54) is 43.2 Å². The molecule has 0 spiro atoms. The van der Waals surface area contributed by atoms with E-state index in [0.29, 0.717) is 0 Å². The molecule has 0 amide bonds. The monoisotopic (exact) mass is 215 g/mol. The van der Waals surface area contributed by atoms with E-state index in [4.69, 9.17) is 0 Å². The minimum absolute atomic E-state index is 1.000. The van der Waals surface area contributed by atoms with Crippen LogP contribution in [0.1, 0.15) is 43.7 Å². The molecule has 1 radical (unpaired) electrons. The second-order valence-corrected chi connectivity index (χ2v) is 4.30. The summed E-state index contributed by atoms with van der Waals surface area (Å²) in [5.41, 5.74) is 2.84. The second-order valence-electron chi connectivity index (χ2n) is 4.30. The fourth-order valence-electron chi connectivity index (χ4n) is 1.82. The van der Waals surface area contributed by atoms with Crippen molar-refractivity contribution in [2.75, 3.05) is 0 Å². The van der Waals surface area contributed by atoms with E-state index in [0.717, 1.165) is 6.42 Å². The molecule has 0 fully saturated rings. The van der Waals surface area contributed by atoms with Crippen LogP contribution in [0.15, 0.2) is 36.4 Å². The Balaban J connectivity index is 2.33. The summed E-state index contributed by atoms with van der Waals surface area (Å²) in [6.07, 6.45) is 11.6. The third-order valence-corrected chi connectivity index (χ3v) is 2.86. The summed E-state index contributed by atoms with van der Waals surface area (Å²) in [6.45, 7) is 5.95. The van der Waals surface area contributed by atoms with Gasteiger partial charge >= 0.3 is 0 Å². The van der Waals surface area contributed by atoms with Gasteiger partial charge in [0, 0.05) is 0 Å². The van der Waals surface area contributed by atoms with Crippen molar-refractivity contribution in [2.45, 2.75) is 45.4 Å². The SMILES string of the molecule is [CH2]C=CCc1ccc(CCCCCC)cc1. The smallest absolute Gasteiger partial charge is 0.00975 e. The lowest BCUT2D eigenvalue weighted by Crippen LogP contribution is -1.87. The molecule has 0 saturated carbocycles. The van der Waals surface area contributed by atoms with E-state index in [1.807, 2.05) is 6.08 Å². The Bertz CT molecular complexity index is 292. The van der Waals surface area contributed by atoms with Crippen molar-refractivity contribution < 1.29 is 0 Å². The fraction of sp³-hybridized carbons (Fsp3) is 0.438. The number of rotatable bonds is 7. The molecular formula is C16H23. The maximum atomic E-state index is 3.70. The minimum atomic E-state index is 1.000. The van der Waals surface area contributed by atoms with Gasteiger partial charge in [-0.3, -0.25) is 0 Å². The molecule has 0 heteroatoms. The van der Waals surface area contributed by atoms with Crippen molar-refractivity contribution in [1.82, 2.24) is 0 Å². The quantitative estimate of drug-likeness (QED) is 0.576. The van der Waals surface area contributed by atoms with Gasteiger partial charge in [-0.15, -0.1) is 0 Å². The maximum absolute atomic E-state index is 3.70. The lowest BCUT2D eigenvalue weighted by atomic mass is 10.0. The standard InChI is InChI=1S/C16H23/c1-3-5-7-8-10-16-13-11-15(12-14-16)9-6-4-2/h4,6,11-14H,2-3,5,7-10H2,1H3. The highest BCUT2D eigenvalue weighted by Crippen LogP contribution is 2.10. The molecule has 0 bridgehead atoms. The first-order chi connectivity index (χ1) is 7.86. The van der Waals surface area contributed by atoms with E-state index >= 15 is 0 Å². The van der Waals surface area contributed by atoms with Gasteiger partial charge in [0.1, 0.15) is 0 Å². The molecular weight excluding hydrogens is 192 g/mol. The number of hydrogen-bond acceptors (Lipinski definition) is 0. The van der Waals surface area contributed by atoms with Crippen molar-refractivity contribution in [3.8, 4) is 0 Å². The van der Waals surface area contributed by atoms with Crippen molar-refractivity contribution in [3.63, 3.8) is 0 Å². The number of aryl methyl sites for hydroxylation is 1. The van der Waals surface area contributed by atoms with Crippen LogP contribution in [0.3, 0.4) is 0 Å². The molecule has 0 heterocycles. The average molecular weight is 215 g/mol. The second kappa shape index (κ2) is 8.15. The van der Waals surface area contributed by atoms with Crippen molar-refractivity contribution in [3.05, 3.63) is 54.5 Å². The summed E-state index contributed by atoms with van der Waals surface area (Å²) in [5, 5.41) is 0. The first-order valence-corrected chi connectivity index (χ1v) is 6.39. The van der Waals surface area contributed by atoms with Gasteiger partial charge in [-0.2, -0.15) is 0 Å². The molecule has 0 saturated heterocycles. The molecule has 1 aromatic carbocycles. The van der Waals surface area contributed by atoms with Crippen LogP contribution in [-0.4, -0.2) is 0 Å². The molecule has 0 nitrogen and oxygen atoms in total. The highest BCUT2D eigenvalue weighted by atomic mass is 14.0. The Labute approximate surface area is 100 Å². The molecule has 1 rings (SSSR count). The van der Waals surface area contributed by atoms with Crippen molar-refractivity contribution >= 4 is 0 Å². The summed E-state index contributed by atoms with van der Waals surface area (Å²) in [4.78, 5) is 0. The molecule has 0 aromatic heterocycles. The third-order valence-electron chi connectivity index (χ3n) is 2.86. The molecule has 1 aromatic rings. The zero-order valence-electron chi connectivity index (χ0n) is 10.4. The summed E-state index contributed by atoms with van der Waals surface area (Å²) >= 11 is 0. The Hall–Kier alpha value is -1.04. The van der Waals surface area contributed by atoms with Gasteiger partial charge in [-0.05, 0) is 37.3 Å². The van der Waals surface area contributed by atoms with E-state index in [-0.39, 0.29) is 0 Å². The molecule has 0 atom stereocenters. The minimum Gasteiger partial charge on any atom is -0.0879 e. The number of unbranched alkanes of at least 4 members (excludes halogenated alkanes) is 3. The predicted molar refractivity (Wildman–Crippen MR) is 72.5 cm³/mol. The lowest BCUT2D eigenvalue weighted by Gasteiger charge is -2.02. The van der Waals surface area contributed by atoms with Crippen molar-refractivity contribution in [1.29, 1.82) is 0 Å². The van der Waals surface area contributed by atoms with E-state index in [2.05, 4.69) is 44.2 Å². The normalized spacial score (nSPS) is 11.1. The largest absolute Gasteiger partial charge is 0.0879 e. The topological polar surface area (TPSA) is 0 Å².